The van der Waals surface area contributed by atoms with Gasteiger partial charge in [0.25, 0.3) is 0 Å². The predicted molar refractivity (Wildman–Crippen MR) is 89.9 cm³/mol. The number of rotatable bonds is 1. The van der Waals surface area contributed by atoms with Gasteiger partial charge in [-0.2, -0.15) is 0 Å². The molecule has 4 aliphatic rings. The molecular weight excluding hydrogens is 288 g/mol. The fraction of sp³-hybridized carbons (Fsp3) is 0.700. The van der Waals surface area contributed by atoms with Gasteiger partial charge in [0.05, 0.1) is 18.0 Å². The van der Waals surface area contributed by atoms with Crippen molar-refractivity contribution in [2.45, 2.75) is 51.7 Å². The van der Waals surface area contributed by atoms with Gasteiger partial charge in [-0.3, -0.25) is 0 Å². The third-order valence-corrected chi connectivity index (χ3v) is 7.50. The van der Waals surface area contributed by atoms with Crippen molar-refractivity contribution in [3.8, 4) is 0 Å². The van der Waals surface area contributed by atoms with Crippen molar-refractivity contribution in [3.63, 3.8) is 0 Å². The lowest BCUT2D eigenvalue weighted by molar-refractivity contribution is -0.101. The molecule has 0 bridgehead atoms. The Hall–Kier alpha value is -1.06. The minimum atomic E-state index is -0.460. The molecule has 2 N–H and O–H groups in total. The summed E-state index contributed by atoms with van der Waals surface area (Å²) in [5, 5.41) is 20.4. The second-order valence-corrected chi connectivity index (χ2v) is 8.37. The molecule has 2 unspecified atom stereocenters. The first-order valence-electron chi connectivity index (χ1n) is 8.91. The number of aliphatic hydroxyl groups is 2. The first-order chi connectivity index (χ1) is 10.9. The largest absolute Gasteiger partial charge is 0.512 e. The maximum atomic E-state index is 10.4. The quantitative estimate of drug-likeness (QED) is 0.724. The van der Waals surface area contributed by atoms with Crippen molar-refractivity contribution in [1.29, 1.82) is 0 Å². The van der Waals surface area contributed by atoms with Crippen molar-refractivity contribution < 1.29 is 14.9 Å². The van der Waals surface area contributed by atoms with Crippen LogP contribution in [0.3, 0.4) is 0 Å². The SMILES string of the molecule is COC1CC2=CC(O)C=C[C@]2(C)[C@@H]2CC[C@]3(C)C(O)=CC[C@H]3[C@H]12. The average molecular weight is 316 g/mol. The van der Waals surface area contributed by atoms with Crippen LogP contribution in [-0.2, 0) is 4.74 Å². The van der Waals surface area contributed by atoms with Crippen LogP contribution in [0.2, 0.25) is 0 Å². The fourth-order valence-corrected chi connectivity index (χ4v) is 6.05. The molecule has 3 heteroatoms. The van der Waals surface area contributed by atoms with Gasteiger partial charge in [-0.05, 0) is 49.5 Å². The number of hydrogen-bond acceptors (Lipinski definition) is 3. The molecule has 23 heavy (non-hydrogen) atoms. The molecular formula is C20H28O3. The summed E-state index contributed by atoms with van der Waals surface area (Å²) in [4.78, 5) is 0. The maximum Gasteiger partial charge on any atom is 0.0944 e. The third-order valence-electron chi connectivity index (χ3n) is 7.50. The van der Waals surface area contributed by atoms with Crippen LogP contribution in [0.5, 0.6) is 0 Å². The molecule has 0 aliphatic heterocycles. The van der Waals surface area contributed by atoms with Gasteiger partial charge in [-0.15, -0.1) is 0 Å². The van der Waals surface area contributed by atoms with E-state index in [-0.39, 0.29) is 16.9 Å². The highest BCUT2D eigenvalue weighted by Gasteiger charge is 2.59. The summed E-state index contributed by atoms with van der Waals surface area (Å²) >= 11 is 0. The van der Waals surface area contributed by atoms with E-state index in [1.807, 2.05) is 25.3 Å². The Morgan fingerprint density at radius 1 is 1.26 bits per heavy atom. The molecule has 0 radical (unpaired) electrons. The second-order valence-electron chi connectivity index (χ2n) is 8.37. The van der Waals surface area contributed by atoms with Crippen LogP contribution < -0.4 is 0 Å². The van der Waals surface area contributed by atoms with Crippen molar-refractivity contribution >= 4 is 0 Å². The summed E-state index contributed by atoms with van der Waals surface area (Å²) in [6, 6.07) is 0. The maximum absolute atomic E-state index is 10.4. The summed E-state index contributed by atoms with van der Waals surface area (Å²) in [6.07, 6.45) is 12.0. The molecule has 2 fully saturated rings. The molecule has 0 aromatic heterocycles. The van der Waals surface area contributed by atoms with E-state index in [0.717, 1.165) is 25.7 Å². The van der Waals surface area contributed by atoms with E-state index < -0.39 is 6.10 Å². The van der Waals surface area contributed by atoms with E-state index in [4.69, 9.17) is 4.74 Å². The van der Waals surface area contributed by atoms with Crippen LogP contribution >= 0.6 is 0 Å². The summed E-state index contributed by atoms with van der Waals surface area (Å²) < 4.78 is 5.93. The molecule has 0 aromatic carbocycles. The highest BCUT2D eigenvalue weighted by atomic mass is 16.5. The Morgan fingerprint density at radius 3 is 2.78 bits per heavy atom. The van der Waals surface area contributed by atoms with E-state index in [0.29, 0.717) is 23.5 Å². The monoisotopic (exact) mass is 316 g/mol. The number of ether oxygens (including phenoxy) is 1. The minimum Gasteiger partial charge on any atom is -0.512 e. The molecule has 0 spiro atoms. The van der Waals surface area contributed by atoms with Crippen molar-refractivity contribution in [3.05, 3.63) is 35.6 Å². The van der Waals surface area contributed by atoms with Crippen LogP contribution in [0.25, 0.3) is 0 Å². The Kier molecular flexibility index (Phi) is 3.34. The Bertz CT molecular complexity index is 604. The van der Waals surface area contributed by atoms with E-state index in [9.17, 15) is 10.2 Å². The molecule has 0 saturated heterocycles. The lowest BCUT2D eigenvalue weighted by Crippen LogP contribution is -2.54. The van der Waals surface area contributed by atoms with E-state index >= 15 is 0 Å². The molecule has 7 atom stereocenters. The first kappa shape index (κ1) is 15.5. The van der Waals surface area contributed by atoms with Gasteiger partial charge in [0.1, 0.15) is 0 Å². The standard InChI is InChI=1S/C20H28O3/c1-19-8-6-13(21)10-12(19)11-16(23-3)18-14-4-5-17(22)20(14,2)9-7-15(18)19/h5-6,8,10,13-16,18,21-22H,4,7,9,11H2,1-3H3/t13?,14-,15+,16?,18-,19-,20-/m0/s1. The number of allylic oxidation sites excluding steroid dienone is 3. The van der Waals surface area contributed by atoms with E-state index in [1.54, 1.807) is 0 Å². The molecule has 0 aromatic rings. The lowest BCUT2D eigenvalue weighted by Gasteiger charge is -2.58. The zero-order chi connectivity index (χ0) is 16.4. The summed E-state index contributed by atoms with van der Waals surface area (Å²) in [7, 11) is 1.81. The molecule has 0 heterocycles. The summed E-state index contributed by atoms with van der Waals surface area (Å²) in [6.45, 7) is 4.56. The van der Waals surface area contributed by atoms with Crippen LogP contribution in [0.15, 0.2) is 35.6 Å². The van der Waals surface area contributed by atoms with Crippen molar-refractivity contribution in [2.75, 3.05) is 7.11 Å². The molecule has 4 aliphatic carbocycles. The number of fused-ring (bicyclic) bond motifs is 5. The smallest absolute Gasteiger partial charge is 0.0944 e. The van der Waals surface area contributed by atoms with Crippen molar-refractivity contribution in [1.82, 2.24) is 0 Å². The minimum absolute atomic E-state index is 0.0263. The van der Waals surface area contributed by atoms with E-state index in [1.165, 1.54) is 5.57 Å². The number of aliphatic hydroxyl groups excluding tert-OH is 2. The highest BCUT2D eigenvalue weighted by molar-refractivity contribution is 5.35. The zero-order valence-corrected chi connectivity index (χ0v) is 14.3. The predicted octanol–water partition coefficient (Wildman–Crippen LogP) is 3.76. The third kappa shape index (κ3) is 1.96. The Labute approximate surface area is 138 Å². The summed E-state index contributed by atoms with van der Waals surface area (Å²) in [5.74, 6) is 2.04. The fourth-order valence-electron chi connectivity index (χ4n) is 6.05. The topological polar surface area (TPSA) is 49.7 Å². The Balaban J connectivity index is 1.76. The molecule has 4 rings (SSSR count). The van der Waals surface area contributed by atoms with Gasteiger partial charge in [-0.25, -0.2) is 0 Å². The van der Waals surface area contributed by atoms with Gasteiger partial charge in [0, 0.05) is 17.9 Å². The zero-order valence-electron chi connectivity index (χ0n) is 14.3. The van der Waals surface area contributed by atoms with E-state index in [2.05, 4.69) is 19.9 Å². The lowest BCUT2D eigenvalue weighted by atomic mass is 9.47. The van der Waals surface area contributed by atoms with Crippen LogP contribution in [0.4, 0.5) is 0 Å². The van der Waals surface area contributed by atoms with Crippen LogP contribution in [0, 0.1) is 28.6 Å². The average Bonchev–Trinajstić information content (AvgIpc) is 2.83. The van der Waals surface area contributed by atoms with Crippen molar-refractivity contribution in [2.24, 2.45) is 28.6 Å². The van der Waals surface area contributed by atoms with Gasteiger partial charge in [-0.1, -0.05) is 37.6 Å². The molecule has 126 valence electrons. The first-order valence-corrected chi connectivity index (χ1v) is 8.91. The normalized spacial score (nSPS) is 51.4. The molecule has 2 saturated carbocycles. The molecule has 0 amide bonds. The van der Waals surface area contributed by atoms with Gasteiger partial charge in [0.2, 0.25) is 0 Å². The second kappa shape index (κ2) is 4.97. The van der Waals surface area contributed by atoms with Crippen LogP contribution in [0.1, 0.15) is 39.5 Å². The van der Waals surface area contributed by atoms with Gasteiger partial charge < -0.3 is 14.9 Å². The summed E-state index contributed by atoms with van der Waals surface area (Å²) in [5.41, 5.74) is 1.28. The number of hydrogen-bond donors (Lipinski definition) is 2. The number of methoxy groups -OCH3 is 1. The Morgan fingerprint density at radius 2 is 2.04 bits per heavy atom. The van der Waals surface area contributed by atoms with Gasteiger partial charge >= 0.3 is 0 Å². The highest BCUT2D eigenvalue weighted by Crippen LogP contribution is 2.64. The van der Waals surface area contributed by atoms with Crippen LogP contribution in [-0.4, -0.2) is 29.5 Å². The molecule has 3 nitrogen and oxygen atoms in total. The van der Waals surface area contributed by atoms with Gasteiger partial charge in [0.15, 0.2) is 0 Å².